The van der Waals surface area contributed by atoms with Crippen molar-refractivity contribution in [2.75, 3.05) is 37.7 Å². The number of terminal acetylenes is 1. The lowest BCUT2D eigenvalue weighted by Crippen LogP contribution is -2.64. The Labute approximate surface area is 294 Å². The monoisotopic (exact) mass is 726 g/mol. The fourth-order valence-electron chi connectivity index (χ4n) is 6.70. The van der Waals surface area contributed by atoms with Gasteiger partial charge in [-0.05, 0) is 48.6 Å². The van der Waals surface area contributed by atoms with E-state index >= 15 is 13.2 Å². The summed E-state index contributed by atoms with van der Waals surface area (Å²) in [7, 11) is 5.40. The van der Waals surface area contributed by atoms with Gasteiger partial charge in [-0.3, -0.25) is 4.90 Å². The van der Waals surface area contributed by atoms with Crippen LogP contribution in [0.15, 0.2) is 42.2 Å². The van der Waals surface area contributed by atoms with E-state index in [2.05, 4.69) is 15.9 Å². The number of fused-ring (bicyclic) bond motifs is 2. The van der Waals surface area contributed by atoms with Gasteiger partial charge in [0.05, 0.1) is 36.1 Å². The van der Waals surface area contributed by atoms with E-state index in [1.54, 1.807) is 0 Å². The highest BCUT2D eigenvalue weighted by atomic mass is 19.1. The van der Waals surface area contributed by atoms with Gasteiger partial charge in [0.25, 0.3) is 0 Å². The van der Waals surface area contributed by atoms with E-state index in [1.165, 1.54) is 19.1 Å². The fraction of sp³-hybridized carbons (Fsp3) is 0.371. The van der Waals surface area contributed by atoms with Crippen LogP contribution in [0.1, 0.15) is 25.8 Å². The average Bonchev–Trinajstić information content (AvgIpc) is 3.24. The fourth-order valence-corrected chi connectivity index (χ4v) is 6.70. The van der Waals surface area contributed by atoms with E-state index in [0.717, 1.165) is 34.9 Å². The van der Waals surface area contributed by atoms with Gasteiger partial charge in [0.2, 0.25) is 0 Å². The number of aromatic nitrogens is 2. The van der Waals surface area contributed by atoms with Gasteiger partial charge >= 0.3 is 12.0 Å². The maximum atomic E-state index is 16.9. The number of anilines is 1. The minimum atomic E-state index is -3.50. The lowest BCUT2D eigenvalue weighted by Gasteiger charge is -2.49. The Morgan fingerprint density at radius 2 is 1.85 bits per heavy atom. The molecular formula is C35H32BF5N4O7. The maximum absolute atomic E-state index is 16.9. The second kappa shape index (κ2) is 13.4. The van der Waals surface area contributed by atoms with Crippen LogP contribution in [0.5, 0.6) is 11.8 Å². The lowest BCUT2D eigenvalue weighted by molar-refractivity contribution is -0.357. The topological polar surface area (TPSA) is 152 Å². The zero-order valence-electron chi connectivity index (χ0n) is 27.7. The first-order valence-corrected chi connectivity index (χ1v) is 15.9. The number of halogens is 5. The number of phenolic OH excluding ortho intramolecular Hbond substituents is 1. The third kappa shape index (κ3) is 6.29. The molecule has 52 heavy (non-hydrogen) atoms. The van der Waals surface area contributed by atoms with Crippen molar-refractivity contribution in [3.8, 4) is 35.2 Å². The molecule has 3 aromatic carbocycles. The van der Waals surface area contributed by atoms with Gasteiger partial charge < -0.3 is 39.9 Å². The van der Waals surface area contributed by atoms with Crippen LogP contribution in [0.2, 0.25) is 0 Å². The molecule has 272 valence electrons. The molecule has 2 saturated heterocycles. The quantitative estimate of drug-likeness (QED) is 0.0651. The number of hydrogen-bond donors (Lipinski definition) is 5. The summed E-state index contributed by atoms with van der Waals surface area (Å²) in [5, 5.41) is 52.9. The molecule has 2 aliphatic rings. The molecule has 3 atom stereocenters. The smallest absolute Gasteiger partial charge is 0.335 e. The number of likely N-dealkylation sites (tertiary alicyclic amines) is 1. The largest absolute Gasteiger partial charge is 0.508 e. The van der Waals surface area contributed by atoms with Crippen LogP contribution < -0.4 is 9.64 Å². The van der Waals surface area contributed by atoms with Crippen molar-refractivity contribution in [2.45, 2.75) is 38.3 Å². The number of phenols is 1. The standard InChI is InChI=1S/C35H32BF5N4O7/c1-4-21-24(38)6-5-18-11-20(46)12-22(26(18)21)27-25(39)13-23-29(28(27)40)42-32(43-31(23)45-9-10-51-15-17(2)30(45)41)52-34(47,48)33(3)16-44(35(36,49)50)8-7-19(33)14-37/h1,5-6,11-14,17,30,46-50H,7-10,15-16H2,2-3H3/b19-14+/t17?,30-,33-/m1/s1. The summed E-state index contributed by atoms with van der Waals surface area (Å²) < 4.78 is 89.1. The number of benzene rings is 3. The van der Waals surface area contributed by atoms with Crippen LogP contribution in [0.3, 0.4) is 0 Å². The second-order valence-electron chi connectivity index (χ2n) is 13.1. The normalized spacial score (nSPS) is 22.9. The molecule has 0 amide bonds. The lowest BCUT2D eigenvalue weighted by atomic mass is 9.74. The third-order valence-corrected chi connectivity index (χ3v) is 9.62. The van der Waals surface area contributed by atoms with E-state index in [-0.39, 0.29) is 66.5 Å². The average molecular weight is 726 g/mol. The first kappa shape index (κ1) is 37.2. The van der Waals surface area contributed by atoms with E-state index < -0.39 is 87.5 Å². The summed E-state index contributed by atoms with van der Waals surface area (Å²) in [4.78, 5) is 9.98. The molecule has 2 fully saturated rings. The van der Waals surface area contributed by atoms with Crippen LogP contribution in [-0.4, -0.2) is 99.2 Å². The molecule has 2 radical (unpaired) electrons. The molecule has 3 heterocycles. The summed E-state index contributed by atoms with van der Waals surface area (Å²) in [6.45, 7) is 1.44. The van der Waals surface area contributed by atoms with Gasteiger partial charge in [0, 0.05) is 41.9 Å². The molecule has 5 N–H and O–H groups in total. The molecule has 0 spiro atoms. The number of aromatic hydroxyl groups is 1. The summed E-state index contributed by atoms with van der Waals surface area (Å²) in [6, 6.07) is 4.24. The Morgan fingerprint density at radius 3 is 2.52 bits per heavy atom. The number of alkyl halides is 1. The van der Waals surface area contributed by atoms with Crippen molar-refractivity contribution in [1.29, 1.82) is 0 Å². The number of hydrogen-bond acceptors (Lipinski definition) is 11. The first-order chi connectivity index (χ1) is 24.4. The van der Waals surface area contributed by atoms with Crippen molar-refractivity contribution in [3.63, 3.8) is 0 Å². The zero-order chi connectivity index (χ0) is 37.9. The molecular weight excluding hydrogens is 694 g/mol. The highest BCUT2D eigenvalue weighted by molar-refractivity contribution is 6.12. The SMILES string of the molecule is [B]C(O)(O)N1CC/C(=C\F)[C@](C)(C(O)(O)Oc2nc(N3CCOCC(C)[C@@H]3F)c3cc(F)c(-c4cc(O)cc5ccc(F)c(C#C)c45)c(F)c3n2)C1. The third-order valence-electron chi connectivity index (χ3n) is 9.62. The number of ether oxygens (including phenoxy) is 2. The minimum Gasteiger partial charge on any atom is -0.508 e. The molecule has 2 aliphatic heterocycles. The summed E-state index contributed by atoms with van der Waals surface area (Å²) in [5.74, 6) is -9.57. The number of nitrogens with zero attached hydrogens (tertiary/aromatic N) is 4. The summed E-state index contributed by atoms with van der Waals surface area (Å²) >= 11 is 0. The molecule has 1 aromatic heterocycles. The molecule has 0 bridgehead atoms. The van der Waals surface area contributed by atoms with Crippen LogP contribution in [0, 0.1) is 41.1 Å². The first-order valence-electron chi connectivity index (χ1n) is 15.9. The van der Waals surface area contributed by atoms with E-state index in [4.69, 9.17) is 23.7 Å². The predicted molar refractivity (Wildman–Crippen MR) is 178 cm³/mol. The van der Waals surface area contributed by atoms with Crippen molar-refractivity contribution >= 4 is 35.3 Å². The number of rotatable bonds is 6. The van der Waals surface area contributed by atoms with E-state index in [9.17, 15) is 34.3 Å². The molecule has 17 heteroatoms. The van der Waals surface area contributed by atoms with Crippen LogP contribution in [0.25, 0.3) is 32.8 Å². The molecule has 0 aliphatic carbocycles. The molecule has 4 aromatic rings. The minimum absolute atomic E-state index is 0.0164. The number of piperidine rings is 1. The van der Waals surface area contributed by atoms with Gasteiger partial charge in [-0.2, -0.15) is 9.97 Å². The van der Waals surface area contributed by atoms with Gasteiger partial charge in [0.15, 0.2) is 25.8 Å². The highest BCUT2D eigenvalue weighted by Crippen LogP contribution is 2.46. The van der Waals surface area contributed by atoms with Gasteiger partial charge in [0.1, 0.15) is 28.7 Å². The van der Waals surface area contributed by atoms with Crippen LogP contribution >= 0.6 is 0 Å². The maximum Gasteiger partial charge on any atom is 0.335 e. The van der Waals surface area contributed by atoms with E-state index in [1.807, 2.05) is 0 Å². The summed E-state index contributed by atoms with van der Waals surface area (Å²) in [6.07, 6.45) is 3.52. The highest BCUT2D eigenvalue weighted by Gasteiger charge is 2.56. The Bertz CT molecular complexity index is 2140. The van der Waals surface area contributed by atoms with Gasteiger partial charge in [-0.25, -0.2) is 22.0 Å². The Balaban J connectivity index is 1.60. The molecule has 0 saturated carbocycles. The number of aliphatic hydroxyl groups is 4. The van der Waals surface area contributed by atoms with Crippen LogP contribution in [0.4, 0.5) is 27.8 Å². The molecule has 6 rings (SSSR count). The molecule has 1 unspecified atom stereocenters. The summed E-state index contributed by atoms with van der Waals surface area (Å²) in [5.41, 5.74) is -4.78. The van der Waals surface area contributed by atoms with Crippen LogP contribution in [-0.2, 0) is 4.74 Å². The van der Waals surface area contributed by atoms with Gasteiger partial charge in [-0.1, -0.05) is 18.9 Å². The van der Waals surface area contributed by atoms with Crippen molar-refractivity contribution in [1.82, 2.24) is 14.9 Å². The van der Waals surface area contributed by atoms with Crippen molar-refractivity contribution in [3.05, 3.63) is 65.2 Å². The Kier molecular flexibility index (Phi) is 9.62. The molecule has 11 nitrogen and oxygen atoms in total. The Morgan fingerprint density at radius 1 is 1.12 bits per heavy atom. The van der Waals surface area contributed by atoms with Crippen molar-refractivity contribution < 1.29 is 57.0 Å². The van der Waals surface area contributed by atoms with E-state index in [0.29, 0.717) is 0 Å². The van der Waals surface area contributed by atoms with Crippen molar-refractivity contribution in [2.24, 2.45) is 11.3 Å². The Hall–Kier alpha value is -4.57. The zero-order valence-corrected chi connectivity index (χ0v) is 27.7. The second-order valence-corrected chi connectivity index (χ2v) is 13.1. The van der Waals surface area contributed by atoms with Gasteiger partial charge in [-0.15, -0.1) is 6.42 Å². The predicted octanol–water partition coefficient (Wildman–Crippen LogP) is 3.67.